The molecule has 6 nitrogen and oxygen atoms in total. The van der Waals surface area contributed by atoms with E-state index in [1.165, 1.54) is 257 Å². The third-order valence-electron chi connectivity index (χ3n) is 15.8. The molecule has 0 fully saturated rings. The predicted molar refractivity (Wildman–Crippen MR) is 344 cm³/mol. The van der Waals surface area contributed by atoms with E-state index in [9.17, 15) is 14.4 Å². The van der Waals surface area contributed by atoms with Gasteiger partial charge in [0.1, 0.15) is 13.2 Å². The van der Waals surface area contributed by atoms with Gasteiger partial charge in [-0.15, -0.1) is 0 Å². The Balaban J connectivity index is 4.22. The van der Waals surface area contributed by atoms with E-state index < -0.39 is 6.10 Å². The zero-order valence-electron chi connectivity index (χ0n) is 53.2. The van der Waals surface area contributed by atoms with Crippen molar-refractivity contribution in [1.29, 1.82) is 0 Å². The molecule has 0 aliphatic carbocycles. The van der Waals surface area contributed by atoms with Crippen LogP contribution in [0.4, 0.5) is 0 Å². The Labute approximate surface area is 492 Å². The fraction of sp³-hybridized carbons (Fsp3) is 0.849. The van der Waals surface area contributed by atoms with Gasteiger partial charge in [0.25, 0.3) is 0 Å². The molecule has 0 saturated carbocycles. The molecule has 462 valence electrons. The molecule has 79 heavy (non-hydrogen) atoms. The molecule has 0 aromatic rings. The summed E-state index contributed by atoms with van der Waals surface area (Å²) < 4.78 is 17.0. The molecule has 0 amide bonds. The Morgan fingerprint density at radius 3 is 0.772 bits per heavy atom. The van der Waals surface area contributed by atoms with Crippen LogP contribution < -0.4 is 0 Å². The van der Waals surface area contributed by atoms with Crippen molar-refractivity contribution < 1.29 is 28.6 Å². The molecule has 0 rings (SSSR count). The number of carbonyl (C=O) groups is 3. The molecule has 0 aliphatic rings. The Hall–Kier alpha value is -2.63. The molecule has 0 bridgehead atoms. The number of unbranched alkanes of at least 4 members (excludes halogenated alkanes) is 46. The van der Waals surface area contributed by atoms with E-state index in [1.807, 2.05) is 0 Å². The van der Waals surface area contributed by atoms with Crippen LogP contribution >= 0.6 is 0 Å². The summed E-state index contributed by atoms with van der Waals surface area (Å²) in [6.07, 6.45) is 85.7. The van der Waals surface area contributed by atoms with Crippen molar-refractivity contribution in [3.05, 3.63) is 48.6 Å². The molecular weight excluding hydrogens is 973 g/mol. The summed E-state index contributed by atoms with van der Waals surface area (Å²) in [7, 11) is 0. The maximum absolute atomic E-state index is 12.9. The molecule has 0 aromatic heterocycles. The number of hydrogen-bond donors (Lipinski definition) is 0. The zero-order valence-corrected chi connectivity index (χ0v) is 53.2. The molecule has 0 radical (unpaired) electrons. The van der Waals surface area contributed by atoms with Crippen LogP contribution in [-0.2, 0) is 28.6 Å². The molecule has 0 aliphatic heterocycles. The minimum absolute atomic E-state index is 0.0661. The van der Waals surface area contributed by atoms with E-state index in [2.05, 4.69) is 69.4 Å². The number of hydrogen-bond acceptors (Lipinski definition) is 6. The van der Waals surface area contributed by atoms with Gasteiger partial charge in [-0.2, -0.15) is 0 Å². The Morgan fingerprint density at radius 1 is 0.266 bits per heavy atom. The van der Waals surface area contributed by atoms with Gasteiger partial charge in [0.05, 0.1) is 0 Å². The molecular formula is C73H134O6. The highest BCUT2D eigenvalue weighted by atomic mass is 16.6. The van der Waals surface area contributed by atoms with E-state index in [4.69, 9.17) is 14.2 Å². The number of rotatable bonds is 65. The van der Waals surface area contributed by atoms with Gasteiger partial charge in [-0.05, 0) is 57.8 Å². The van der Waals surface area contributed by atoms with Gasteiger partial charge in [0, 0.05) is 19.3 Å². The molecule has 6 heteroatoms. The molecule has 0 N–H and O–H groups in total. The van der Waals surface area contributed by atoms with Crippen LogP contribution in [0.25, 0.3) is 0 Å². The van der Waals surface area contributed by atoms with E-state index in [0.717, 1.165) is 83.5 Å². The van der Waals surface area contributed by atoms with Gasteiger partial charge in [0.2, 0.25) is 0 Å². The second kappa shape index (κ2) is 67.9. The monoisotopic (exact) mass is 1110 g/mol. The summed E-state index contributed by atoms with van der Waals surface area (Å²) >= 11 is 0. The van der Waals surface area contributed by atoms with Gasteiger partial charge >= 0.3 is 17.9 Å². The number of esters is 3. The fourth-order valence-electron chi connectivity index (χ4n) is 10.6. The van der Waals surface area contributed by atoms with E-state index in [1.54, 1.807) is 0 Å². The lowest BCUT2D eigenvalue weighted by Gasteiger charge is -2.18. The summed E-state index contributed by atoms with van der Waals surface area (Å²) in [5.74, 6) is -0.837. The summed E-state index contributed by atoms with van der Waals surface area (Å²) in [6, 6.07) is 0. The van der Waals surface area contributed by atoms with Crippen molar-refractivity contribution in [2.24, 2.45) is 0 Å². The summed E-state index contributed by atoms with van der Waals surface area (Å²) in [5, 5.41) is 0. The Morgan fingerprint density at radius 2 is 0.494 bits per heavy atom. The van der Waals surface area contributed by atoms with Crippen molar-refractivity contribution in [1.82, 2.24) is 0 Å². The van der Waals surface area contributed by atoms with Gasteiger partial charge in [0.15, 0.2) is 6.10 Å². The minimum atomic E-state index is -0.769. The number of carbonyl (C=O) groups excluding carboxylic acids is 3. The lowest BCUT2D eigenvalue weighted by Crippen LogP contribution is -2.30. The maximum atomic E-state index is 12.9. The van der Waals surface area contributed by atoms with Crippen LogP contribution in [0.1, 0.15) is 380 Å². The number of allylic oxidation sites excluding steroid dienone is 8. The number of ether oxygens (including phenoxy) is 3. The first-order valence-electron chi connectivity index (χ1n) is 35.1. The van der Waals surface area contributed by atoms with E-state index >= 15 is 0 Å². The molecule has 1 atom stereocenters. The standard InChI is InChI=1S/C73H134O6/c1-4-7-10-13-16-19-22-25-27-29-31-33-34-35-36-37-38-40-41-43-45-48-51-54-57-60-63-66-72(75)78-69-70(68-77-71(74)65-62-59-56-53-50-47-24-21-18-15-12-9-6-3)79-73(76)67-64-61-58-55-52-49-46-44-42-39-32-30-28-26-23-20-17-14-11-8-5-2/h7,10,16,19,25,27,31,33,70H,4-6,8-9,11-15,17-18,20-24,26,28-30,32,34-69H2,1-3H3/b10-7-,19-16-,27-25-,33-31-. The van der Waals surface area contributed by atoms with Gasteiger partial charge in [-0.3, -0.25) is 14.4 Å². The molecule has 0 aromatic carbocycles. The first-order chi connectivity index (χ1) is 39.0. The van der Waals surface area contributed by atoms with Gasteiger partial charge in [-0.1, -0.05) is 352 Å². The zero-order chi connectivity index (χ0) is 57.1. The second-order valence-electron chi connectivity index (χ2n) is 23.8. The van der Waals surface area contributed by atoms with Crippen LogP contribution in [0.3, 0.4) is 0 Å². The highest BCUT2D eigenvalue weighted by Gasteiger charge is 2.19. The Kier molecular flexibility index (Phi) is 65.6. The van der Waals surface area contributed by atoms with Crippen LogP contribution in [0, 0.1) is 0 Å². The minimum Gasteiger partial charge on any atom is -0.462 e. The average molecular weight is 1110 g/mol. The fourth-order valence-corrected chi connectivity index (χ4v) is 10.6. The molecule has 0 saturated heterocycles. The molecule has 0 heterocycles. The molecule has 0 spiro atoms. The highest BCUT2D eigenvalue weighted by Crippen LogP contribution is 2.19. The Bertz CT molecular complexity index is 1360. The second-order valence-corrected chi connectivity index (χ2v) is 23.8. The van der Waals surface area contributed by atoms with Crippen molar-refractivity contribution in [3.8, 4) is 0 Å². The quantitative estimate of drug-likeness (QED) is 0.0261. The van der Waals surface area contributed by atoms with Crippen molar-refractivity contribution in [2.75, 3.05) is 13.2 Å². The van der Waals surface area contributed by atoms with Gasteiger partial charge in [-0.25, -0.2) is 0 Å². The van der Waals surface area contributed by atoms with Crippen LogP contribution in [0.2, 0.25) is 0 Å². The van der Waals surface area contributed by atoms with Gasteiger partial charge < -0.3 is 14.2 Å². The predicted octanol–water partition coefficient (Wildman–Crippen LogP) is 24.1. The summed E-state index contributed by atoms with van der Waals surface area (Å²) in [6.45, 7) is 6.60. The van der Waals surface area contributed by atoms with E-state index in [0.29, 0.717) is 19.3 Å². The van der Waals surface area contributed by atoms with E-state index in [-0.39, 0.29) is 31.1 Å². The topological polar surface area (TPSA) is 78.9 Å². The van der Waals surface area contributed by atoms with Crippen LogP contribution in [-0.4, -0.2) is 37.2 Å². The smallest absolute Gasteiger partial charge is 0.306 e. The van der Waals surface area contributed by atoms with Crippen molar-refractivity contribution in [2.45, 2.75) is 386 Å². The third kappa shape index (κ3) is 66.1. The maximum Gasteiger partial charge on any atom is 0.306 e. The summed E-state index contributed by atoms with van der Waals surface area (Å²) in [5.41, 5.74) is 0. The first kappa shape index (κ1) is 76.4. The van der Waals surface area contributed by atoms with Crippen LogP contribution in [0.5, 0.6) is 0 Å². The van der Waals surface area contributed by atoms with Crippen molar-refractivity contribution in [3.63, 3.8) is 0 Å². The lowest BCUT2D eigenvalue weighted by molar-refractivity contribution is -0.167. The highest BCUT2D eigenvalue weighted by molar-refractivity contribution is 5.71. The first-order valence-corrected chi connectivity index (χ1v) is 35.1. The summed E-state index contributed by atoms with van der Waals surface area (Å²) in [4.78, 5) is 38.4. The molecule has 1 unspecified atom stereocenters. The lowest BCUT2D eigenvalue weighted by atomic mass is 10.0. The average Bonchev–Trinajstić information content (AvgIpc) is 3.45. The SMILES string of the molecule is CC/C=C\C/C=C\C/C=C\C/C=C\CCCCCCCCCCCCCCCCC(=O)OCC(COC(=O)CCCCCCCCCCCCCCC)OC(=O)CCCCCCCCCCCCCCCCCCCCCCC. The van der Waals surface area contributed by atoms with Crippen molar-refractivity contribution >= 4 is 17.9 Å². The largest absolute Gasteiger partial charge is 0.462 e. The van der Waals surface area contributed by atoms with Crippen LogP contribution in [0.15, 0.2) is 48.6 Å². The normalized spacial score (nSPS) is 12.3. The third-order valence-corrected chi connectivity index (χ3v) is 15.8.